The Morgan fingerprint density at radius 1 is 1.09 bits per heavy atom. The highest BCUT2D eigenvalue weighted by atomic mass is 16.5. The zero-order chi connectivity index (χ0) is 16.8. The molecule has 5 nitrogen and oxygen atoms in total. The summed E-state index contributed by atoms with van der Waals surface area (Å²) in [4.78, 5) is 21.2. The maximum Gasteiger partial charge on any atom is 0.340 e. The van der Waals surface area contributed by atoms with Crippen molar-refractivity contribution in [2.45, 2.75) is 52.4 Å². The molecular formula is C17H27NO4. The van der Waals surface area contributed by atoms with Crippen molar-refractivity contribution >= 4 is 17.6 Å². The van der Waals surface area contributed by atoms with Crippen molar-refractivity contribution in [3.05, 3.63) is 29.8 Å². The molecule has 3 N–H and O–H groups in total. The van der Waals surface area contributed by atoms with Crippen molar-refractivity contribution in [3.63, 3.8) is 0 Å². The van der Waals surface area contributed by atoms with E-state index in [1.165, 1.54) is 19.3 Å². The van der Waals surface area contributed by atoms with Gasteiger partial charge in [0.15, 0.2) is 0 Å². The van der Waals surface area contributed by atoms with Gasteiger partial charge in [-0.15, -0.1) is 0 Å². The average Bonchev–Trinajstić information content (AvgIpc) is 2.48. The number of carboxylic acid groups (broad SMARTS) is 1. The first-order chi connectivity index (χ1) is 10.5. The van der Waals surface area contributed by atoms with E-state index in [0.29, 0.717) is 24.3 Å². The molecule has 1 aromatic carbocycles. The van der Waals surface area contributed by atoms with Crippen LogP contribution in [-0.2, 0) is 9.53 Å². The Labute approximate surface area is 132 Å². The number of carboxylic acids is 1. The molecule has 0 fully saturated rings. The second kappa shape index (κ2) is 12.7. The van der Waals surface area contributed by atoms with Gasteiger partial charge in [-0.25, -0.2) is 4.79 Å². The van der Waals surface area contributed by atoms with Gasteiger partial charge in [0.25, 0.3) is 0 Å². The zero-order valence-corrected chi connectivity index (χ0v) is 13.5. The summed E-state index contributed by atoms with van der Waals surface area (Å²) in [5, 5.41) is 8.27. The predicted octanol–water partition coefficient (Wildman–Crippen LogP) is 3.88. The van der Waals surface area contributed by atoms with Gasteiger partial charge in [-0.2, -0.15) is 0 Å². The van der Waals surface area contributed by atoms with E-state index < -0.39 is 5.97 Å². The normalized spacial score (nSPS) is 9.55. The maximum atomic E-state index is 11.2. The van der Waals surface area contributed by atoms with Gasteiger partial charge in [-0.1, -0.05) is 44.7 Å². The fourth-order valence-corrected chi connectivity index (χ4v) is 1.77. The highest BCUT2D eigenvalue weighted by molar-refractivity contribution is 5.94. The first kappa shape index (κ1) is 20.0. The number of aliphatic carboxylic acids is 1. The van der Waals surface area contributed by atoms with Gasteiger partial charge in [0.2, 0.25) is 0 Å². The Bertz CT molecular complexity index is 446. The first-order valence-corrected chi connectivity index (χ1v) is 7.76. The molecule has 0 aromatic heterocycles. The monoisotopic (exact) mass is 309 g/mol. The van der Waals surface area contributed by atoms with E-state index in [1.807, 2.05) is 0 Å². The van der Waals surface area contributed by atoms with Crippen LogP contribution in [0.25, 0.3) is 0 Å². The van der Waals surface area contributed by atoms with Gasteiger partial charge in [0.1, 0.15) is 0 Å². The second-order valence-corrected chi connectivity index (χ2v) is 4.87. The molecule has 124 valence electrons. The molecule has 0 aliphatic rings. The second-order valence-electron chi connectivity index (χ2n) is 4.87. The van der Waals surface area contributed by atoms with Gasteiger partial charge in [-0.3, -0.25) is 4.79 Å². The molecule has 0 aliphatic heterocycles. The smallest absolute Gasteiger partial charge is 0.340 e. The average molecular weight is 309 g/mol. The number of esters is 1. The van der Waals surface area contributed by atoms with E-state index in [4.69, 9.17) is 15.6 Å². The van der Waals surface area contributed by atoms with Crippen molar-refractivity contribution in [1.29, 1.82) is 0 Å². The van der Waals surface area contributed by atoms with Crippen LogP contribution in [0.15, 0.2) is 24.3 Å². The summed E-state index contributed by atoms with van der Waals surface area (Å²) in [5.74, 6) is -1.04. The number of benzene rings is 1. The van der Waals surface area contributed by atoms with Crippen molar-refractivity contribution in [2.24, 2.45) is 0 Å². The van der Waals surface area contributed by atoms with Crippen LogP contribution in [0.4, 0.5) is 5.69 Å². The van der Waals surface area contributed by atoms with E-state index in [0.717, 1.165) is 12.8 Å². The first-order valence-electron chi connectivity index (χ1n) is 7.76. The topological polar surface area (TPSA) is 89.6 Å². The standard InChI is InChI=1S/C9H11NO2.C8H16O2/c1-2-12-9(11)7-5-3-4-6-8(7)10;1-2-3-4-5-6-7-8(9)10/h3-6H,2,10H2,1H3;2-7H2,1H3,(H,9,10). The lowest BCUT2D eigenvalue weighted by atomic mass is 10.1. The highest BCUT2D eigenvalue weighted by Gasteiger charge is 2.08. The van der Waals surface area contributed by atoms with Crippen LogP contribution in [0.2, 0.25) is 0 Å². The molecule has 0 heterocycles. The molecule has 0 radical (unpaired) electrons. The predicted molar refractivity (Wildman–Crippen MR) is 87.8 cm³/mol. The molecule has 0 aliphatic carbocycles. The lowest BCUT2D eigenvalue weighted by molar-refractivity contribution is -0.137. The quantitative estimate of drug-likeness (QED) is 0.432. The van der Waals surface area contributed by atoms with E-state index in [1.54, 1.807) is 31.2 Å². The van der Waals surface area contributed by atoms with Gasteiger partial charge in [-0.05, 0) is 25.5 Å². The van der Waals surface area contributed by atoms with E-state index in [9.17, 15) is 9.59 Å². The molecule has 0 bridgehead atoms. The summed E-state index contributed by atoms with van der Waals surface area (Å²) in [5.41, 5.74) is 6.44. The number of rotatable bonds is 8. The number of nitrogen functional groups attached to an aromatic ring is 1. The third kappa shape index (κ3) is 9.80. The summed E-state index contributed by atoms with van der Waals surface area (Å²) < 4.78 is 4.79. The summed E-state index contributed by atoms with van der Waals surface area (Å²) in [6, 6.07) is 6.85. The molecule has 1 aromatic rings. The third-order valence-electron chi connectivity index (χ3n) is 2.95. The van der Waals surface area contributed by atoms with Gasteiger partial charge in [0, 0.05) is 12.1 Å². The molecule has 0 spiro atoms. The molecule has 0 unspecified atom stereocenters. The van der Waals surface area contributed by atoms with E-state index in [-0.39, 0.29) is 5.97 Å². The fourth-order valence-electron chi connectivity index (χ4n) is 1.77. The summed E-state index contributed by atoms with van der Waals surface area (Å²) in [6.45, 7) is 4.28. The SMILES string of the molecule is CCCCCCCC(=O)O.CCOC(=O)c1ccccc1N. The fraction of sp³-hybridized carbons (Fsp3) is 0.529. The molecule has 0 amide bonds. The lowest BCUT2D eigenvalue weighted by Gasteiger charge is -2.03. The Hall–Kier alpha value is -2.04. The van der Waals surface area contributed by atoms with Gasteiger partial charge < -0.3 is 15.6 Å². The number of carbonyl (C=O) groups is 2. The third-order valence-corrected chi connectivity index (χ3v) is 2.95. The van der Waals surface area contributed by atoms with Crippen molar-refractivity contribution in [3.8, 4) is 0 Å². The van der Waals surface area contributed by atoms with E-state index >= 15 is 0 Å². The molecule has 22 heavy (non-hydrogen) atoms. The Morgan fingerprint density at radius 3 is 2.27 bits per heavy atom. The number of para-hydroxylation sites is 1. The molecule has 5 heteroatoms. The molecule has 0 atom stereocenters. The summed E-state index contributed by atoms with van der Waals surface area (Å²) in [6.07, 6.45) is 5.88. The van der Waals surface area contributed by atoms with Crippen molar-refractivity contribution in [2.75, 3.05) is 12.3 Å². The van der Waals surface area contributed by atoms with Crippen LogP contribution >= 0.6 is 0 Å². The van der Waals surface area contributed by atoms with Crippen LogP contribution in [0, 0.1) is 0 Å². The van der Waals surface area contributed by atoms with Crippen LogP contribution < -0.4 is 5.73 Å². The lowest BCUT2D eigenvalue weighted by Crippen LogP contribution is -2.07. The number of carbonyl (C=O) groups excluding carboxylic acids is 1. The zero-order valence-electron chi connectivity index (χ0n) is 13.5. The van der Waals surface area contributed by atoms with Crippen LogP contribution in [0.3, 0.4) is 0 Å². The number of nitrogens with two attached hydrogens (primary N) is 1. The minimum Gasteiger partial charge on any atom is -0.481 e. The Morgan fingerprint density at radius 2 is 1.73 bits per heavy atom. The number of hydrogen-bond donors (Lipinski definition) is 2. The minimum atomic E-state index is -0.670. The summed E-state index contributed by atoms with van der Waals surface area (Å²) >= 11 is 0. The molecule has 0 saturated carbocycles. The molecule has 1 rings (SSSR count). The Balaban J connectivity index is 0.000000409. The Kier molecular flexibility index (Phi) is 11.5. The number of unbranched alkanes of at least 4 members (excludes halogenated alkanes) is 4. The number of anilines is 1. The minimum absolute atomic E-state index is 0.337. The highest BCUT2D eigenvalue weighted by Crippen LogP contribution is 2.11. The van der Waals surface area contributed by atoms with Crippen molar-refractivity contribution in [1.82, 2.24) is 0 Å². The number of ether oxygens (including phenoxy) is 1. The van der Waals surface area contributed by atoms with Crippen LogP contribution in [-0.4, -0.2) is 23.7 Å². The maximum absolute atomic E-state index is 11.2. The van der Waals surface area contributed by atoms with Crippen LogP contribution in [0.1, 0.15) is 62.7 Å². The van der Waals surface area contributed by atoms with Crippen LogP contribution in [0.5, 0.6) is 0 Å². The molecule has 0 saturated heterocycles. The molecular weight excluding hydrogens is 282 g/mol. The number of hydrogen-bond acceptors (Lipinski definition) is 4. The van der Waals surface area contributed by atoms with Gasteiger partial charge in [0.05, 0.1) is 12.2 Å². The van der Waals surface area contributed by atoms with Crippen molar-refractivity contribution < 1.29 is 19.4 Å². The van der Waals surface area contributed by atoms with Gasteiger partial charge >= 0.3 is 11.9 Å². The summed E-state index contributed by atoms with van der Waals surface area (Å²) in [7, 11) is 0. The van der Waals surface area contributed by atoms with E-state index in [2.05, 4.69) is 6.92 Å². The largest absolute Gasteiger partial charge is 0.481 e.